The minimum atomic E-state index is -4.40. The first kappa shape index (κ1) is 15.6. The summed E-state index contributed by atoms with van der Waals surface area (Å²) >= 11 is 0. The largest absolute Gasteiger partial charge is 0.416 e. The van der Waals surface area contributed by atoms with Gasteiger partial charge in [-0.25, -0.2) is 0 Å². The van der Waals surface area contributed by atoms with Crippen LogP contribution in [0.15, 0.2) is 48.8 Å². The number of rotatable bonds is 2. The van der Waals surface area contributed by atoms with Gasteiger partial charge in [0.25, 0.3) is 5.91 Å². The predicted molar refractivity (Wildman–Crippen MR) is 74.9 cm³/mol. The topological polar surface area (TPSA) is 42.0 Å². The van der Waals surface area contributed by atoms with Crippen LogP contribution in [0.1, 0.15) is 21.5 Å². The van der Waals surface area contributed by atoms with E-state index in [0.29, 0.717) is 5.56 Å². The molecule has 1 aromatic heterocycles. The second-order valence-corrected chi connectivity index (χ2v) is 4.30. The summed E-state index contributed by atoms with van der Waals surface area (Å²) in [5, 5.41) is 2.54. The van der Waals surface area contributed by atoms with E-state index in [9.17, 15) is 18.0 Å². The Labute approximate surface area is 125 Å². The van der Waals surface area contributed by atoms with Crippen LogP contribution < -0.4 is 5.32 Å². The molecule has 1 N–H and O–H groups in total. The van der Waals surface area contributed by atoms with E-state index in [4.69, 9.17) is 0 Å². The molecular formula is C16H11F3N2O. The van der Waals surface area contributed by atoms with Gasteiger partial charge in [-0.1, -0.05) is 17.9 Å². The fraction of sp³-hybridized carbons (Fsp3) is 0.125. The number of hydrogen-bond donors (Lipinski definition) is 1. The van der Waals surface area contributed by atoms with Gasteiger partial charge in [0.1, 0.15) is 0 Å². The average molecular weight is 304 g/mol. The summed E-state index contributed by atoms with van der Waals surface area (Å²) in [6, 6.07) is 7.95. The average Bonchev–Trinajstić information content (AvgIpc) is 2.52. The van der Waals surface area contributed by atoms with Crippen molar-refractivity contribution in [3.8, 4) is 11.8 Å². The summed E-state index contributed by atoms with van der Waals surface area (Å²) in [6.07, 6.45) is -1.44. The molecule has 0 aliphatic carbocycles. The van der Waals surface area contributed by atoms with Gasteiger partial charge in [0.2, 0.25) is 0 Å². The van der Waals surface area contributed by atoms with E-state index in [1.54, 1.807) is 18.3 Å². The van der Waals surface area contributed by atoms with Gasteiger partial charge in [0.05, 0.1) is 17.7 Å². The van der Waals surface area contributed by atoms with Gasteiger partial charge in [-0.15, -0.1) is 0 Å². The van der Waals surface area contributed by atoms with E-state index in [0.717, 1.165) is 12.1 Å². The van der Waals surface area contributed by atoms with Crippen molar-refractivity contribution in [1.29, 1.82) is 0 Å². The fourth-order valence-corrected chi connectivity index (χ4v) is 1.64. The first-order valence-corrected chi connectivity index (χ1v) is 6.31. The number of alkyl halides is 3. The van der Waals surface area contributed by atoms with E-state index >= 15 is 0 Å². The number of nitrogens with one attached hydrogen (secondary N) is 1. The Morgan fingerprint density at radius 2 is 2.05 bits per heavy atom. The van der Waals surface area contributed by atoms with Crippen LogP contribution in [-0.4, -0.2) is 17.4 Å². The lowest BCUT2D eigenvalue weighted by atomic mass is 10.1. The number of halogens is 3. The Balaban J connectivity index is 1.96. The Kier molecular flexibility index (Phi) is 4.79. The third kappa shape index (κ3) is 4.35. The van der Waals surface area contributed by atoms with Crippen LogP contribution in [0.25, 0.3) is 0 Å². The highest BCUT2D eigenvalue weighted by Crippen LogP contribution is 2.29. The van der Waals surface area contributed by atoms with Crippen LogP contribution in [-0.2, 0) is 6.18 Å². The van der Waals surface area contributed by atoms with Crippen LogP contribution in [0.5, 0.6) is 0 Å². The van der Waals surface area contributed by atoms with Gasteiger partial charge in [-0.2, -0.15) is 13.2 Å². The van der Waals surface area contributed by atoms with Gasteiger partial charge in [0.15, 0.2) is 0 Å². The zero-order valence-corrected chi connectivity index (χ0v) is 11.3. The summed E-state index contributed by atoms with van der Waals surface area (Å²) in [5.74, 6) is 4.85. The summed E-state index contributed by atoms with van der Waals surface area (Å²) in [7, 11) is 0. The molecule has 0 radical (unpaired) electrons. The standard InChI is InChI=1S/C16H11F3N2O/c17-16(18,19)14-7-1-4-12(10-14)5-2-9-21-15(22)13-6-3-8-20-11-13/h1,3-4,6-8,10-11H,9H2,(H,21,22). The molecule has 1 aromatic carbocycles. The number of benzene rings is 1. The van der Waals surface area contributed by atoms with Gasteiger partial charge >= 0.3 is 6.18 Å². The summed E-state index contributed by atoms with van der Waals surface area (Å²) in [5.41, 5.74) is -0.118. The smallest absolute Gasteiger partial charge is 0.341 e. The number of nitrogens with zero attached hydrogens (tertiary/aromatic N) is 1. The van der Waals surface area contributed by atoms with Crippen molar-refractivity contribution in [2.45, 2.75) is 6.18 Å². The van der Waals surface area contributed by atoms with E-state index < -0.39 is 11.7 Å². The van der Waals surface area contributed by atoms with Crippen molar-refractivity contribution in [2.24, 2.45) is 0 Å². The molecule has 0 saturated carbocycles. The van der Waals surface area contributed by atoms with Crippen LogP contribution in [0.4, 0.5) is 13.2 Å². The molecule has 0 aliphatic heterocycles. The maximum absolute atomic E-state index is 12.5. The molecule has 3 nitrogen and oxygen atoms in total. The van der Waals surface area contributed by atoms with Crippen molar-refractivity contribution in [2.75, 3.05) is 6.54 Å². The Hall–Kier alpha value is -2.81. The van der Waals surface area contributed by atoms with E-state index in [1.165, 1.54) is 18.3 Å². The van der Waals surface area contributed by atoms with Gasteiger partial charge < -0.3 is 5.32 Å². The minimum Gasteiger partial charge on any atom is -0.341 e. The highest BCUT2D eigenvalue weighted by atomic mass is 19.4. The third-order valence-electron chi connectivity index (χ3n) is 2.68. The van der Waals surface area contributed by atoms with Crippen molar-refractivity contribution in [1.82, 2.24) is 10.3 Å². The van der Waals surface area contributed by atoms with Crippen molar-refractivity contribution in [3.05, 3.63) is 65.5 Å². The molecule has 1 heterocycles. The maximum Gasteiger partial charge on any atom is 0.416 e. The Bertz CT molecular complexity index is 715. The molecule has 22 heavy (non-hydrogen) atoms. The molecule has 0 unspecified atom stereocenters. The number of aromatic nitrogens is 1. The molecule has 1 amide bonds. The van der Waals surface area contributed by atoms with Crippen LogP contribution in [0, 0.1) is 11.8 Å². The second-order valence-electron chi connectivity index (χ2n) is 4.30. The Morgan fingerprint density at radius 3 is 2.73 bits per heavy atom. The van der Waals surface area contributed by atoms with Crippen molar-refractivity contribution >= 4 is 5.91 Å². The molecule has 2 rings (SSSR count). The first-order valence-electron chi connectivity index (χ1n) is 6.31. The summed E-state index contributed by atoms with van der Waals surface area (Å²) in [6.45, 7) is 0.0317. The highest BCUT2D eigenvalue weighted by molar-refractivity contribution is 5.93. The Morgan fingerprint density at radius 1 is 1.23 bits per heavy atom. The molecule has 0 spiro atoms. The molecule has 112 valence electrons. The predicted octanol–water partition coefficient (Wildman–Crippen LogP) is 2.88. The quantitative estimate of drug-likeness (QED) is 0.867. The number of carbonyl (C=O) groups excluding carboxylic acids is 1. The van der Waals surface area contributed by atoms with Crippen LogP contribution in [0.3, 0.4) is 0 Å². The molecule has 0 bridgehead atoms. The summed E-state index contributed by atoms with van der Waals surface area (Å²) < 4.78 is 37.6. The van der Waals surface area contributed by atoms with E-state index in [2.05, 4.69) is 22.1 Å². The first-order chi connectivity index (χ1) is 10.5. The number of hydrogen-bond acceptors (Lipinski definition) is 2. The van der Waals surface area contributed by atoms with Crippen LogP contribution >= 0.6 is 0 Å². The van der Waals surface area contributed by atoms with E-state index in [-0.39, 0.29) is 18.0 Å². The molecular weight excluding hydrogens is 293 g/mol. The molecule has 0 saturated heterocycles. The molecule has 0 fully saturated rings. The SMILES string of the molecule is O=C(NCC#Cc1cccc(C(F)(F)F)c1)c1cccnc1. The van der Waals surface area contributed by atoms with Crippen LogP contribution in [0.2, 0.25) is 0 Å². The van der Waals surface area contributed by atoms with Crippen molar-refractivity contribution < 1.29 is 18.0 Å². The number of amides is 1. The lowest BCUT2D eigenvalue weighted by Crippen LogP contribution is -2.23. The second kappa shape index (κ2) is 6.76. The zero-order valence-electron chi connectivity index (χ0n) is 11.3. The number of carbonyl (C=O) groups is 1. The third-order valence-corrected chi connectivity index (χ3v) is 2.68. The molecule has 0 atom stereocenters. The maximum atomic E-state index is 12.5. The van der Waals surface area contributed by atoms with Crippen molar-refractivity contribution in [3.63, 3.8) is 0 Å². The normalized spacial score (nSPS) is 10.5. The van der Waals surface area contributed by atoms with Gasteiger partial charge in [-0.05, 0) is 30.3 Å². The van der Waals surface area contributed by atoms with E-state index in [1.807, 2.05) is 0 Å². The van der Waals surface area contributed by atoms with Gasteiger partial charge in [0, 0.05) is 18.0 Å². The lowest BCUT2D eigenvalue weighted by molar-refractivity contribution is -0.137. The zero-order chi connectivity index (χ0) is 16.0. The molecule has 2 aromatic rings. The minimum absolute atomic E-state index is 0.0317. The monoisotopic (exact) mass is 304 g/mol. The highest BCUT2D eigenvalue weighted by Gasteiger charge is 2.30. The number of pyridine rings is 1. The summed E-state index contributed by atoms with van der Waals surface area (Å²) in [4.78, 5) is 15.5. The van der Waals surface area contributed by atoms with Gasteiger partial charge in [-0.3, -0.25) is 9.78 Å². The molecule has 0 aliphatic rings. The molecule has 6 heteroatoms. The fourth-order valence-electron chi connectivity index (χ4n) is 1.64. The lowest BCUT2D eigenvalue weighted by Gasteiger charge is -2.05.